The third kappa shape index (κ3) is 3.47. The van der Waals surface area contributed by atoms with Gasteiger partial charge < -0.3 is 10.4 Å². The molecular weight excluding hydrogens is 226 g/mol. The molecule has 1 aliphatic rings. The van der Waals surface area contributed by atoms with Crippen LogP contribution in [-0.4, -0.2) is 23.7 Å². The number of hydrogen-bond donors (Lipinski definition) is 2. The van der Waals surface area contributed by atoms with Gasteiger partial charge in [0.15, 0.2) is 0 Å². The highest BCUT2D eigenvalue weighted by molar-refractivity contribution is 5.71. The van der Waals surface area contributed by atoms with Gasteiger partial charge in [-0.2, -0.15) is 0 Å². The molecule has 0 aromatic carbocycles. The van der Waals surface area contributed by atoms with Gasteiger partial charge in [0.2, 0.25) is 0 Å². The van der Waals surface area contributed by atoms with Crippen molar-refractivity contribution < 1.29 is 9.90 Å². The Balaban J connectivity index is 2.69. The van der Waals surface area contributed by atoms with Crippen molar-refractivity contribution in [1.82, 2.24) is 5.32 Å². The molecule has 0 amide bonds. The van der Waals surface area contributed by atoms with Gasteiger partial charge in [0, 0.05) is 12.6 Å². The Kier molecular flexibility index (Phi) is 4.47. The van der Waals surface area contributed by atoms with E-state index in [2.05, 4.69) is 46.9 Å². The predicted molar refractivity (Wildman–Crippen MR) is 74.6 cm³/mol. The molecule has 0 radical (unpaired) electrons. The van der Waals surface area contributed by atoms with E-state index >= 15 is 0 Å². The molecule has 106 valence electrons. The molecule has 3 heteroatoms. The second kappa shape index (κ2) is 5.20. The SMILES string of the molecule is CC1C(NCC(C)(C)C)CCC(C(=O)O)C1(C)C. The Morgan fingerprint density at radius 2 is 1.89 bits per heavy atom. The second-order valence-corrected chi connectivity index (χ2v) is 7.63. The molecule has 2 N–H and O–H groups in total. The molecule has 18 heavy (non-hydrogen) atoms. The Morgan fingerprint density at radius 1 is 1.33 bits per heavy atom. The summed E-state index contributed by atoms with van der Waals surface area (Å²) in [6.45, 7) is 14.0. The van der Waals surface area contributed by atoms with Crippen LogP contribution in [0.5, 0.6) is 0 Å². The first-order chi connectivity index (χ1) is 8.05. The van der Waals surface area contributed by atoms with Crippen molar-refractivity contribution in [2.45, 2.75) is 60.4 Å². The number of carbonyl (C=O) groups is 1. The average molecular weight is 255 g/mol. The Morgan fingerprint density at radius 3 is 2.33 bits per heavy atom. The van der Waals surface area contributed by atoms with Gasteiger partial charge in [0.1, 0.15) is 0 Å². The fourth-order valence-electron chi connectivity index (χ4n) is 2.96. The van der Waals surface area contributed by atoms with Crippen molar-refractivity contribution >= 4 is 5.97 Å². The van der Waals surface area contributed by atoms with Gasteiger partial charge in [-0.3, -0.25) is 4.79 Å². The first-order valence-corrected chi connectivity index (χ1v) is 7.02. The predicted octanol–water partition coefficient (Wildman–Crippen LogP) is 3.15. The Bertz CT molecular complexity index is 304. The largest absolute Gasteiger partial charge is 0.481 e. The summed E-state index contributed by atoms with van der Waals surface area (Å²) in [5.74, 6) is -0.462. The van der Waals surface area contributed by atoms with E-state index in [9.17, 15) is 9.90 Å². The van der Waals surface area contributed by atoms with Gasteiger partial charge >= 0.3 is 5.97 Å². The van der Waals surface area contributed by atoms with Crippen molar-refractivity contribution in [3.05, 3.63) is 0 Å². The molecule has 0 heterocycles. The fraction of sp³-hybridized carbons (Fsp3) is 0.933. The topological polar surface area (TPSA) is 49.3 Å². The fourth-order valence-corrected chi connectivity index (χ4v) is 2.96. The minimum absolute atomic E-state index is 0.139. The maximum absolute atomic E-state index is 11.3. The number of carboxylic acid groups (broad SMARTS) is 1. The summed E-state index contributed by atoms with van der Waals surface area (Å²) in [4.78, 5) is 11.3. The van der Waals surface area contributed by atoms with Crippen molar-refractivity contribution in [1.29, 1.82) is 0 Å². The summed E-state index contributed by atoms with van der Waals surface area (Å²) >= 11 is 0. The third-order valence-electron chi connectivity index (χ3n) is 4.63. The zero-order chi connectivity index (χ0) is 14.1. The van der Waals surface area contributed by atoms with E-state index in [0.29, 0.717) is 12.0 Å². The highest BCUT2D eigenvalue weighted by Gasteiger charge is 2.46. The summed E-state index contributed by atoms with van der Waals surface area (Å²) in [6.07, 6.45) is 1.76. The van der Waals surface area contributed by atoms with Crippen LogP contribution in [0.25, 0.3) is 0 Å². The van der Waals surface area contributed by atoms with Gasteiger partial charge in [0.25, 0.3) is 0 Å². The second-order valence-electron chi connectivity index (χ2n) is 7.63. The normalized spacial score (nSPS) is 32.2. The summed E-state index contributed by atoms with van der Waals surface area (Å²) in [6, 6.07) is 0.440. The molecule has 1 fully saturated rings. The van der Waals surface area contributed by atoms with Gasteiger partial charge in [-0.05, 0) is 29.6 Å². The van der Waals surface area contributed by atoms with Gasteiger partial charge in [0.05, 0.1) is 5.92 Å². The van der Waals surface area contributed by atoms with Crippen LogP contribution in [0.15, 0.2) is 0 Å². The molecule has 3 nitrogen and oxygen atoms in total. The Labute approximate surface area is 111 Å². The lowest BCUT2D eigenvalue weighted by Gasteiger charge is -2.47. The van der Waals surface area contributed by atoms with Crippen LogP contribution in [-0.2, 0) is 4.79 Å². The standard InChI is InChI=1S/C15H29NO2/c1-10-12(16-9-14(2,3)4)8-7-11(13(17)18)15(10,5)6/h10-12,16H,7-9H2,1-6H3,(H,17,18). The van der Waals surface area contributed by atoms with E-state index in [1.165, 1.54) is 0 Å². The molecular formula is C15H29NO2. The first-order valence-electron chi connectivity index (χ1n) is 7.02. The smallest absolute Gasteiger partial charge is 0.307 e. The molecule has 1 saturated carbocycles. The molecule has 0 saturated heterocycles. The van der Waals surface area contributed by atoms with Crippen LogP contribution in [0.1, 0.15) is 54.4 Å². The molecule has 0 aromatic rings. The van der Waals surface area contributed by atoms with Gasteiger partial charge in [-0.15, -0.1) is 0 Å². The lowest BCUT2D eigenvalue weighted by Crippen LogP contribution is -2.52. The third-order valence-corrected chi connectivity index (χ3v) is 4.63. The van der Waals surface area contributed by atoms with Crippen molar-refractivity contribution in [2.24, 2.45) is 22.7 Å². The van der Waals surface area contributed by atoms with E-state index in [0.717, 1.165) is 19.4 Å². The molecule has 3 unspecified atom stereocenters. The van der Waals surface area contributed by atoms with Crippen LogP contribution >= 0.6 is 0 Å². The number of nitrogens with one attached hydrogen (secondary N) is 1. The monoisotopic (exact) mass is 255 g/mol. The maximum Gasteiger partial charge on any atom is 0.307 e. The van der Waals surface area contributed by atoms with Crippen LogP contribution in [0, 0.1) is 22.7 Å². The minimum atomic E-state index is -0.638. The van der Waals surface area contributed by atoms with Gasteiger partial charge in [-0.1, -0.05) is 41.5 Å². The van der Waals surface area contributed by atoms with E-state index in [1.807, 2.05) is 0 Å². The first kappa shape index (κ1) is 15.5. The van der Waals surface area contributed by atoms with Crippen LogP contribution < -0.4 is 5.32 Å². The molecule has 1 rings (SSSR count). The summed E-state index contributed by atoms with van der Waals surface area (Å²) in [7, 11) is 0. The Hall–Kier alpha value is -0.570. The molecule has 0 aliphatic heterocycles. The van der Waals surface area contributed by atoms with Crippen LogP contribution in [0.2, 0.25) is 0 Å². The number of rotatable bonds is 3. The lowest BCUT2D eigenvalue weighted by molar-refractivity contribution is -0.150. The van der Waals surface area contributed by atoms with Crippen molar-refractivity contribution in [3.8, 4) is 0 Å². The van der Waals surface area contributed by atoms with Crippen LogP contribution in [0.3, 0.4) is 0 Å². The molecule has 0 bridgehead atoms. The van der Waals surface area contributed by atoms with E-state index in [1.54, 1.807) is 0 Å². The zero-order valence-corrected chi connectivity index (χ0v) is 12.7. The minimum Gasteiger partial charge on any atom is -0.481 e. The number of carboxylic acids is 1. The molecule has 0 aromatic heterocycles. The molecule has 0 spiro atoms. The van der Waals surface area contributed by atoms with E-state index < -0.39 is 5.97 Å². The summed E-state index contributed by atoms with van der Waals surface area (Å²) < 4.78 is 0. The highest BCUT2D eigenvalue weighted by Crippen LogP contribution is 2.45. The zero-order valence-electron chi connectivity index (χ0n) is 12.7. The average Bonchev–Trinajstić information content (AvgIpc) is 2.18. The summed E-state index contributed by atoms with van der Waals surface area (Å²) in [5, 5.41) is 13.0. The molecule has 1 aliphatic carbocycles. The lowest BCUT2D eigenvalue weighted by atomic mass is 9.61. The van der Waals surface area contributed by atoms with Crippen molar-refractivity contribution in [3.63, 3.8) is 0 Å². The summed E-state index contributed by atoms with van der Waals surface area (Å²) in [5.41, 5.74) is 0.132. The van der Waals surface area contributed by atoms with Crippen molar-refractivity contribution in [2.75, 3.05) is 6.54 Å². The number of hydrogen-bond acceptors (Lipinski definition) is 2. The molecule has 3 atom stereocenters. The van der Waals surface area contributed by atoms with Gasteiger partial charge in [-0.25, -0.2) is 0 Å². The quantitative estimate of drug-likeness (QED) is 0.814. The van der Waals surface area contributed by atoms with E-state index in [4.69, 9.17) is 0 Å². The van der Waals surface area contributed by atoms with Crippen LogP contribution in [0.4, 0.5) is 0 Å². The highest BCUT2D eigenvalue weighted by atomic mass is 16.4. The van der Waals surface area contributed by atoms with E-state index in [-0.39, 0.29) is 16.7 Å². The number of aliphatic carboxylic acids is 1. The maximum atomic E-state index is 11.3.